The molecule has 0 aliphatic carbocycles. The van der Waals surface area contributed by atoms with E-state index < -0.39 is 34.2 Å². The van der Waals surface area contributed by atoms with E-state index in [4.69, 9.17) is 0 Å². The van der Waals surface area contributed by atoms with Gasteiger partial charge in [0, 0.05) is 7.05 Å². The van der Waals surface area contributed by atoms with Gasteiger partial charge in [0.2, 0.25) is 0 Å². The van der Waals surface area contributed by atoms with Gasteiger partial charge in [0.25, 0.3) is 15.9 Å². The van der Waals surface area contributed by atoms with Crippen LogP contribution in [0.3, 0.4) is 0 Å². The first-order valence-corrected chi connectivity index (χ1v) is 9.14. The molecule has 0 atom stereocenters. The lowest BCUT2D eigenvalue weighted by Gasteiger charge is -2.16. The van der Waals surface area contributed by atoms with E-state index >= 15 is 0 Å². The number of hydrogen-bond acceptors (Lipinski definition) is 5. The number of amides is 1. The molecule has 1 amide bonds. The summed E-state index contributed by atoms with van der Waals surface area (Å²) in [6.07, 6.45) is -4.50. The lowest BCUT2D eigenvalue weighted by Crippen LogP contribution is -2.40. The molecule has 2 aromatic rings. The number of nitrogens with one attached hydrogen (secondary N) is 2. The number of nitrogens with zero attached hydrogens (tertiary/aromatic N) is 1. The minimum Gasteiger partial charge on any atom is -0.299 e. The maximum absolute atomic E-state index is 12.6. The highest BCUT2D eigenvalue weighted by Crippen LogP contribution is 2.30. The molecule has 25 heavy (non-hydrogen) atoms. The number of hydrazine groups is 1. The fraction of sp³-hybridized carbons (Fsp3) is 0.214. The van der Waals surface area contributed by atoms with Gasteiger partial charge in [-0.2, -0.15) is 17.5 Å². The summed E-state index contributed by atoms with van der Waals surface area (Å²) in [5.74, 6) is -0.722. The van der Waals surface area contributed by atoms with Crippen molar-refractivity contribution in [1.29, 1.82) is 0 Å². The van der Waals surface area contributed by atoms with Gasteiger partial charge in [0.05, 0.1) is 17.8 Å². The molecule has 0 saturated carbocycles. The van der Waals surface area contributed by atoms with E-state index in [1.54, 1.807) is 11.4 Å². The van der Waals surface area contributed by atoms with Gasteiger partial charge in [-0.15, -0.1) is 11.3 Å². The Morgan fingerprint density at radius 3 is 2.56 bits per heavy atom. The normalized spacial score (nSPS) is 12.2. The fourth-order valence-corrected chi connectivity index (χ4v) is 4.13. The standard InChI is InChI=1S/C14H14F3N3O3S2/c1-20(25(22,23)13-6-3-7-24-13)9-12(21)19-18-11-5-2-4-10(8-11)14(15,16)17/h2-8,18H,9H2,1H3,(H,19,21). The van der Waals surface area contributed by atoms with Crippen LogP contribution in [0.25, 0.3) is 0 Å². The van der Waals surface area contributed by atoms with E-state index in [1.807, 2.05) is 0 Å². The smallest absolute Gasteiger partial charge is 0.299 e. The van der Waals surface area contributed by atoms with Gasteiger partial charge in [-0.25, -0.2) is 8.42 Å². The minimum atomic E-state index is -4.50. The summed E-state index contributed by atoms with van der Waals surface area (Å²) in [6, 6.07) is 7.23. The van der Waals surface area contributed by atoms with Crippen LogP contribution in [0.1, 0.15) is 5.56 Å². The first-order valence-electron chi connectivity index (χ1n) is 6.82. The molecule has 1 aromatic heterocycles. The van der Waals surface area contributed by atoms with Crippen LogP contribution in [0.5, 0.6) is 0 Å². The maximum Gasteiger partial charge on any atom is 0.416 e. The van der Waals surface area contributed by atoms with Gasteiger partial charge in [-0.05, 0) is 29.6 Å². The summed E-state index contributed by atoms with van der Waals surface area (Å²) in [5.41, 5.74) is 3.65. The van der Waals surface area contributed by atoms with Crippen molar-refractivity contribution < 1.29 is 26.4 Å². The van der Waals surface area contributed by atoms with Gasteiger partial charge >= 0.3 is 6.18 Å². The quantitative estimate of drug-likeness (QED) is 0.740. The summed E-state index contributed by atoms with van der Waals surface area (Å²) >= 11 is 1.02. The molecule has 11 heteroatoms. The van der Waals surface area contributed by atoms with Crippen LogP contribution < -0.4 is 10.9 Å². The second kappa shape index (κ2) is 7.42. The van der Waals surface area contributed by atoms with Crippen LogP contribution in [0.2, 0.25) is 0 Å². The van der Waals surface area contributed by atoms with Crippen LogP contribution in [0.15, 0.2) is 46.0 Å². The lowest BCUT2D eigenvalue weighted by atomic mass is 10.2. The van der Waals surface area contributed by atoms with Crippen molar-refractivity contribution in [3.63, 3.8) is 0 Å². The van der Waals surface area contributed by atoms with Crippen LogP contribution in [-0.2, 0) is 21.0 Å². The predicted molar refractivity (Wildman–Crippen MR) is 87.3 cm³/mol. The Morgan fingerprint density at radius 1 is 1.24 bits per heavy atom. The first kappa shape index (κ1) is 19.2. The number of halogens is 3. The third-order valence-corrected chi connectivity index (χ3v) is 6.24. The van der Waals surface area contributed by atoms with Crippen LogP contribution in [-0.4, -0.2) is 32.2 Å². The average molecular weight is 393 g/mol. The van der Waals surface area contributed by atoms with Gasteiger partial charge in [-0.1, -0.05) is 12.1 Å². The molecule has 2 rings (SSSR count). The number of rotatable bonds is 6. The molecule has 0 saturated heterocycles. The van der Waals surface area contributed by atoms with Gasteiger partial charge in [-0.3, -0.25) is 15.6 Å². The third kappa shape index (κ3) is 4.94. The molecule has 0 radical (unpaired) electrons. The summed E-state index contributed by atoms with van der Waals surface area (Å²) in [7, 11) is -2.55. The molecular formula is C14H14F3N3O3S2. The molecule has 0 aliphatic rings. The van der Waals surface area contributed by atoms with E-state index in [1.165, 1.54) is 25.2 Å². The monoisotopic (exact) mass is 393 g/mol. The topological polar surface area (TPSA) is 78.5 Å². The number of anilines is 1. The first-order chi connectivity index (χ1) is 11.6. The largest absolute Gasteiger partial charge is 0.416 e. The zero-order valence-corrected chi connectivity index (χ0v) is 14.5. The van der Waals surface area contributed by atoms with E-state index in [9.17, 15) is 26.4 Å². The van der Waals surface area contributed by atoms with Gasteiger partial charge in [0.1, 0.15) is 4.21 Å². The zero-order valence-electron chi connectivity index (χ0n) is 12.9. The fourth-order valence-electron chi connectivity index (χ4n) is 1.81. The number of alkyl halides is 3. The highest BCUT2D eigenvalue weighted by Gasteiger charge is 2.30. The molecular weight excluding hydrogens is 379 g/mol. The highest BCUT2D eigenvalue weighted by atomic mass is 32.2. The minimum absolute atomic E-state index is 0.0203. The Kier molecular flexibility index (Phi) is 5.70. The Hall–Kier alpha value is -2.11. The molecule has 0 spiro atoms. The van der Waals surface area contributed by atoms with E-state index in [0.717, 1.165) is 27.8 Å². The van der Waals surface area contributed by atoms with Gasteiger partial charge in [0.15, 0.2) is 0 Å². The van der Waals surface area contributed by atoms with Crippen molar-refractivity contribution >= 4 is 33.0 Å². The number of sulfonamides is 1. The summed E-state index contributed by atoms with van der Waals surface area (Å²) < 4.78 is 63.1. The predicted octanol–water partition coefficient (Wildman–Crippen LogP) is 2.53. The number of likely N-dealkylation sites (N-methyl/N-ethyl adjacent to an activating group) is 1. The van der Waals surface area contributed by atoms with Crippen LogP contribution in [0.4, 0.5) is 18.9 Å². The highest BCUT2D eigenvalue weighted by molar-refractivity contribution is 7.91. The zero-order chi connectivity index (χ0) is 18.7. The summed E-state index contributed by atoms with van der Waals surface area (Å²) in [4.78, 5) is 11.8. The third-order valence-electron chi connectivity index (χ3n) is 3.06. The second-order valence-corrected chi connectivity index (χ2v) is 8.16. The van der Waals surface area contributed by atoms with Crippen molar-refractivity contribution in [2.75, 3.05) is 19.0 Å². The lowest BCUT2D eigenvalue weighted by molar-refractivity contribution is -0.137. The van der Waals surface area contributed by atoms with E-state index in [-0.39, 0.29) is 9.90 Å². The van der Waals surface area contributed by atoms with Crippen molar-refractivity contribution in [3.05, 3.63) is 47.3 Å². The SMILES string of the molecule is CN(CC(=O)NNc1cccc(C(F)(F)F)c1)S(=O)(=O)c1cccs1. The molecule has 0 aliphatic heterocycles. The second-order valence-electron chi connectivity index (χ2n) is 4.94. The molecule has 1 heterocycles. The summed E-state index contributed by atoms with van der Waals surface area (Å²) in [6.45, 7) is -0.494. The van der Waals surface area contributed by atoms with E-state index in [2.05, 4.69) is 10.9 Å². The molecule has 0 unspecified atom stereocenters. The molecule has 2 N–H and O–H groups in total. The van der Waals surface area contributed by atoms with Crippen LogP contribution in [0, 0.1) is 0 Å². The Morgan fingerprint density at radius 2 is 1.96 bits per heavy atom. The van der Waals surface area contributed by atoms with Crippen molar-refractivity contribution in [2.24, 2.45) is 0 Å². The maximum atomic E-state index is 12.6. The number of carbonyl (C=O) groups is 1. The van der Waals surface area contributed by atoms with Crippen LogP contribution >= 0.6 is 11.3 Å². The Bertz CT molecular complexity index is 837. The summed E-state index contributed by atoms with van der Waals surface area (Å²) in [5, 5.41) is 1.59. The Labute approximate surface area is 146 Å². The Balaban J connectivity index is 1.95. The number of benzene rings is 1. The average Bonchev–Trinajstić information content (AvgIpc) is 3.07. The molecule has 136 valence electrons. The van der Waals surface area contributed by atoms with E-state index in [0.29, 0.717) is 0 Å². The molecule has 1 aromatic carbocycles. The molecule has 6 nitrogen and oxygen atoms in total. The number of carbonyl (C=O) groups excluding carboxylic acids is 1. The van der Waals surface area contributed by atoms with Crippen molar-refractivity contribution in [3.8, 4) is 0 Å². The molecule has 0 bridgehead atoms. The molecule has 0 fully saturated rings. The van der Waals surface area contributed by atoms with Crippen molar-refractivity contribution in [2.45, 2.75) is 10.4 Å². The number of hydrogen-bond donors (Lipinski definition) is 2. The van der Waals surface area contributed by atoms with Crippen molar-refractivity contribution in [1.82, 2.24) is 9.73 Å². The number of thiophene rings is 1. The van der Waals surface area contributed by atoms with Gasteiger partial charge < -0.3 is 0 Å².